The molecule has 0 aliphatic heterocycles. The minimum absolute atomic E-state index is 0.191. The molecule has 0 aliphatic carbocycles. The average molecular weight is 180 g/mol. The first-order valence-electron chi connectivity index (χ1n) is 4.38. The lowest BCUT2D eigenvalue weighted by molar-refractivity contribution is 0.0585. The summed E-state index contributed by atoms with van der Waals surface area (Å²) in [6.45, 7) is 7.79. The molecule has 0 bridgehead atoms. The van der Waals surface area contributed by atoms with Crippen LogP contribution < -0.4 is 0 Å². The Kier molecular flexibility index (Phi) is 2.66. The fraction of sp³-hybridized carbons (Fsp3) is 0.600. The zero-order valence-electron chi connectivity index (χ0n) is 8.57. The summed E-state index contributed by atoms with van der Waals surface area (Å²) < 4.78 is 0. The molecule has 1 atom stereocenters. The number of aliphatic hydroxyl groups is 1. The van der Waals surface area contributed by atoms with Gasteiger partial charge in [0, 0.05) is 6.20 Å². The van der Waals surface area contributed by atoms with Crippen molar-refractivity contribution in [2.24, 2.45) is 5.41 Å². The van der Waals surface area contributed by atoms with Gasteiger partial charge >= 0.3 is 0 Å². The van der Waals surface area contributed by atoms with Crippen LogP contribution in [0.3, 0.4) is 0 Å². The summed E-state index contributed by atoms with van der Waals surface area (Å²) in [5, 5.41) is 9.85. The number of nitrogens with zero attached hydrogens (tertiary/aromatic N) is 2. The molecule has 1 N–H and O–H groups in total. The largest absolute Gasteiger partial charge is 0.386 e. The van der Waals surface area contributed by atoms with Crippen molar-refractivity contribution >= 4 is 0 Å². The summed E-state index contributed by atoms with van der Waals surface area (Å²) in [4.78, 5) is 8.22. The van der Waals surface area contributed by atoms with Crippen LogP contribution in [0.15, 0.2) is 12.4 Å². The Morgan fingerprint density at radius 1 is 1.23 bits per heavy atom. The SMILES string of the molecule is Cc1cnc(C(O)C(C)(C)C)cn1. The van der Waals surface area contributed by atoms with Crippen molar-refractivity contribution in [2.45, 2.75) is 33.8 Å². The van der Waals surface area contributed by atoms with E-state index in [0.717, 1.165) is 5.69 Å². The maximum absolute atomic E-state index is 9.85. The maximum Gasteiger partial charge on any atom is 0.102 e. The van der Waals surface area contributed by atoms with Gasteiger partial charge in [-0.3, -0.25) is 9.97 Å². The van der Waals surface area contributed by atoms with Crippen LogP contribution in [0.25, 0.3) is 0 Å². The van der Waals surface area contributed by atoms with Gasteiger partial charge in [0.1, 0.15) is 6.10 Å². The lowest BCUT2D eigenvalue weighted by Gasteiger charge is -2.24. The molecule has 1 unspecified atom stereocenters. The van der Waals surface area contributed by atoms with Gasteiger partial charge in [-0.2, -0.15) is 0 Å². The van der Waals surface area contributed by atoms with Crippen molar-refractivity contribution in [3.8, 4) is 0 Å². The van der Waals surface area contributed by atoms with Crippen LogP contribution in [0.5, 0.6) is 0 Å². The Balaban J connectivity index is 2.90. The van der Waals surface area contributed by atoms with Gasteiger partial charge in [-0.1, -0.05) is 20.8 Å². The van der Waals surface area contributed by atoms with E-state index in [1.807, 2.05) is 27.7 Å². The van der Waals surface area contributed by atoms with E-state index < -0.39 is 6.10 Å². The molecule has 0 saturated carbocycles. The summed E-state index contributed by atoms with van der Waals surface area (Å²) in [7, 11) is 0. The molecule has 0 aromatic carbocycles. The van der Waals surface area contributed by atoms with Gasteiger partial charge in [0.2, 0.25) is 0 Å². The molecule has 1 rings (SSSR count). The van der Waals surface area contributed by atoms with Gasteiger partial charge < -0.3 is 5.11 Å². The molecule has 3 nitrogen and oxygen atoms in total. The summed E-state index contributed by atoms with van der Waals surface area (Å²) in [6, 6.07) is 0. The van der Waals surface area contributed by atoms with Crippen molar-refractivity contribution < 1.29 is 5.11 Å². The van der Waals surface area contributed by atoms with Crippen LogP contribution in [-0.4, -0.2) is 15.1 Å². The molecule has 1 aromatic rings. The van der Waals surface area contributed by atoms with E-state index in [9.17, 15) is 5.11 Å². The second-order valence-corrected chi connectivity index (χ2v) is 4.35. The fourth-order valence-electron chi connectivity index (χ4n) is 0.987. The maximum atomic E-state index is 9.85. The molecule has 0 aliphatic rings. The first-order valence-corrected chi connectivity index (χ1v) is 4.38. The smallest absolute Gasteiger partial charge is 0.102 e. The summed E-state index contributed by atoms with van der Waals surface area (Å²) in [6.07, 6.45) is 2.75. The zero-order chi connectivity index (χ0) is 10.1. The van der Waals surface area contributed by atoms with Crippen LogP contribution in [0.1, 0.15) is 38.3 Å². The van der Waals surface area contributed by atoms with Crippen LogP contribution in [0, 0.1) is 12.3 Å². The van der Waals surface area contributed by atoms with E-state index in [0.29, 0.717) is 5.69 Å². The predicted octanol–water partition coefficient (Wildman–Crippen LogP) is 1.86. The lowest BCUT2D eigenvalue weighted by Crippen LogP contribution is -2.19. The molecule has 0 fully saturated rings. The van der Waals surface area contributed by atoms with Gasteiger partial charge in [0.25, 0.3) is 0 Å². The molecule has 0 radical (unpaired) electrons. The molecule has 0 saturated heterocycles. The zero-order valence-corrected chi connectivity index (χ0v) is 8.57. The van der Waals surface area contributed by atoms with Gasteiger partial charge in [0.05, 0.1) is 17.6 Å². The summed E-state index contributed by atoms with van der Waals surface area (Å²) >= 11 is 0. The minimum Gasteiger partial charge on any atom is -0.386 e. The summed E-state index contributed by atoms with van der Waals surface area (Å²) in [5.74, 6) is 0. The highest BCUT2D eigenvalue weighted by Crippen LogP contribution is 2.30. The highest BCUT2D eigenvalue weighted by atomic mass is 16.3. The van der Waals surface area contributed by atoms with Gasteiger partial charge in [-0.25, -0.2) is 0 Å². The average Bonchev–Trinajstić information content (AvgIpc) is 2.03. The first kappa shape index (κ1) is 10.1. The highest BCUT2D eigenvalue weighted by Gasteiger charge is 2.24. The molecular formula is C10H16N2O. The van der Waals surface area contributed by atoms with E-state index >= 15 is 0 Å². The van der Waals surface area contributed by atoms with Crippen molar-refractivity contribution in [3.63, 3.8) is 0 Å². The lowest BCUT2D eigenvalue weighted by atomic mass is 9.87. The monoisotopic (exact) mass is 180 g/mol. The Morgan fingerprint density at radius 2 is 1.85 bits per heavy atom. The topological polar surface area (TPSA) is 46.0 Å². The second-order valence-electron chi connectivity index (χ2n) is 4.35. The third-order valence-corrected chi connectivity index (χ3v) is 1.90. The Hall–Kier alpha value is -0.960. The third-order valence-electron chi connectivity index (χ3n) is 1.90. The Labute approximate surface area is 78.9 Å². The predicted molar refractivity (Wildman–Crippen MR) is 51.2 cm³/mol. The van der Waals surface area contributed by atoms with Crippen molar-refractivity contribution in [1.29, 1.82) is 0 Å². The van der Waals surface area contributed by atoms with E-state index in [4.69, 9.17) is 0 Å². The van der Waals surface area contributed by atoms with Crippen LogP contribution in [0.2, 0.25) is 0 Å². The van der Waals surface area contributed by atoms with Crippen LogP contribution in [0.4, 0.5) is 0 Å². The van der Waals surface area contributed by atoms with Gasteiger partial charge in [0.15, 0.2) is 0 Å². The normalized spacial score (nSPS) is 14.2. The first-order chi connectivity index (χ1) is 5.91. The molecule has 13 heavy (non-hydrogen) atoms. The summed E-state index contributed by atoms with van der Waals surface area (Å²) in [5.41, 5.74) is 1.31. The molecule has 72 valence electrons. The molecule has 0 spiro atoms. The quantitative estimate of drug-likeness (QED) is 0.717. The number of aromatic nitrogens is 2. The van der Waals surface area contributed by atoms with Crippen LogP contribution >= 0.6 is 0 Å². The Morgan fingerprint density at radius 3 is 2.23 bits per heavy atom. The highest BCUT2D eigenvalue weighted by molar-refractivity contribution is 5.06. The molecule has 1 heterocycles. The standard InChI is InChI=1S/C10H16N2O/c1-7-5-12-8(6-11-7)9(13)10(2,3)4/h5-6,9,13H,1-4H3. The van der Waals surface area contributed by atoms with Gasteiger partial charge in [-0.15, -0.1) is 0 Å². The fourth-order valence-corrected chi connectivity index (χ4v) is 0.987. The Bertz CT molecular complexity index is 274. The van der Waals surface area contributed by atoms with Crippen molar-refractivity contribution in [3.05, 3.63) is 23.8 Å². The number of hydrogen-bond acceptors (Lipinski definition) is 3. The van der Waals surface area contributed by atoms with E-state index in [-0.39, 0.29) is 5.41 Å². The van der Waals surface area contributed by atoms with E-state index in [2.05, 4.69) is 9.97 Å². The molecule has 0 amide bonds. The van der Waals surface area contributed by atoms with Gasteiger partial charge in [-0.05, 0) is 12.3 Å². The molecular weight excluding hydrogens is 164 g/mol. The number of hydrogen-bond donors (Lipinski definition) is 1. The number of aryl methyl sites for hydroxylation is 1. The third kappa shape index (κ3) is 2.49. The van der Waals surface area contributed by atoms with Crippen LogP contribution in [-0.2, 0) is 0 Å². The number of rotatable bonds is 1. The minimum atomic E-state index is -0.555. The second kappa shape index (κ2) is 3.42. The van der Waals surface area contributed by atoms with Crippen molar-refractivity contribution in [1.82, 2.24) is 9.97 Å². The molecule has 3 heteroatoms. The molecule has 1 aromatic heterocycles. The van der Waals surface area contributed by atoms with E-state index in [1.165, 1.54) is 0 Å². The number of aliphatic hydroxyl groups excluding tert-OH is 1. The van der Waals surface area contributed by atoms with Crippen molar-refractivity contribution in [2.75, 3.05) is 0 Å². The van der Waals surface area contributed by atoms with E-state index in [1.54, 1.807) is 12.4 Å².